The minimum atomic E-state index is -1.13. The molecule has 4 aromatic carbocycles. The van der Waals surface area contributed by atoms with Crippen molar-refractivity contribution in [1.29, 1.82) is 0 Å². The van der Waals surface area contributed by atoms with Crippen molar-refractivity contribution < 1.29 is 73.7 Å². The molecule has 0 aliphatic carbocycles. The summed E-state index contributed by atoms with van der Waals surface area (Å²) in [6.07, 6.45) is 0. The maximum absolute atomic E-state index is 10.1. The maximum atomic E-state index is 10.1. The SMILES string of the molecule is O=C([O-])c1ccccc1.O=C([O-])c1ccccc1.O=C([O-])c1ccccc1.O=C([O-])c1ccccc1.[Cu+2].[Cu+2]. The molecule has 10 heteroatoms. The van der Waals surface area contributed by atoms with Gasteiger partial charge in [0, 0.05) is 0 Å². The van der Waals surface area contributed by atoms with Crippen molar-refractivity contribution in [3.05, 3.63) is 144 Å². The van der Waals surface area contributed by atoms with Gasteiger partial charge in [0.1, 0.15) is 0 Å². The van der Waals surface area contributed by atoms with Crippen LogP contribution in [-0.4, -0.2) is 23.9 Å². The summed E-state index contributed by atoms with van der Waals surface area (Å²) < 4.78 is 0. The van der Waals surface area contributed by atoms with Crippen LogP contribution in [0.2, 0.25) is 0 Å². The van der Waals surface area contributed by atoms with Crippen molar-refractivity contribution in [1.82, 2.24) is 0 Å². The number of carbonyl (C=O) groups is 4. The number of benzene rings is 4. The fourth-order valence-electron chi connectivity index (χ4n) is 2.30. The molecule has 0 saturated heterocycles. The van der Waals surface area contributed by atoms with E-state index in [9.17, 15) is 39.6 Å². The Kier molecular flexibility index (Phi) is 19.8. The van der Waals surface area contributed by atoms with Gasteiger partial charge in [0.05, 0.1) is 23.9 Å². The van der Waals surface area contributed by atoms with Crippen LogP contribution in [-0.2, 0) is 34.1 Å². The molecule has 8 nitrogen and oxygen atoms in total. The van der Waals surface area contributed by atoms with Crippen LogP contribution in [0.3, 0.4) is 0 Å². The van der Waals surface area contributed by atoms with Crippen LogP contribution in [0.15, 0.2) is 121 Å². The molecule has 0 fully saturated rings. The summed E-state index contributed by atoms with van der Waals surface area (Å²) in [6.45, 7) is 0. The fourth-order valence-corrected chi connectivity index (χ4v) is 2.30. The first kappa shape index (κ1) is 36.0. The molecule has 0 heterocycles. The van der Waals surface area contributed by atoms with Crippen LogP contribution in [0.1, 0.15) is 41.4 Å². The third-order valence-electron chi connectivity index (χ3n) is 4.04. The Balaban J connectivity index is 0. The molecule has 0 spiro atoms. The first-order valence-corrected chi connectivity index (χ1v) is 10.3. The summed E-state index contributed by atoms with van der Waals surface area (Å²) in [5, 5.41) is 40.4. The Hall–Kier alpha value is -4.20. The van der Waals surface area contributed by atoms with E-state index in [1.54, 1.807) is 72.8 Å². The molecule has 38 heavy (non-hydrogen) atoms. The number of rotatable bonds is 4. The fraction of sp³-hybridized carbons (Fsp3) is 0. The van der Waals surface area contributed by atoms with E-state index >= 15 is 0 Å². The minimum absolute atomic E-state index is 0. The Morgan fingerprint density at radius 3 is 0.526 bits per heavy atom. The number of hydrogen-bond donors (Lipinski definition) is 0. The third-order valence-corrected chi connectivity index (χ3v) is 4.04. The minimum Gasteiger partial charge on any atom is -0.545 e. The second kappa shape index (κ2) is 20.9. The van der Waals surface area contributed by atoms with Crippen molar-refractivity contribution in [3.63, 3.8) is 0 Å². The predicted molar refractivity (Wildman–Crippen MR) is 123 cm³/mol. The Morgan fingerprint density at radius 2 is 0.447 bits per heavy atom. The van der Waals surface area contributed by atoms with Crippen LogP contribution < -0.4 is 20.4 Å². The quantitative estimate of drug-likeness (QED) is 0.296. The van der Waals surface area contributed by atoms with E-state index in [-0.39, 0.29) is 56.4 Å². The van der Waals surface area contributed by atoms with Crippen molar-refractivity contribution >= 4 is 23.9 Å². The van der Waals surface area contributed by atoms with Crippen molar-refractivity contribution in [2.24, 2.45) is 0 Å². The maximum Gasteiger partial charge on any atom is 2.00 e. The van der Waals surface area contributed by atoms with Crippen LogP contribution in [0.25, 0.3) is 0 Å². The van der Waals surface area contributed by atoms with Crippen LogP contribution in [0.5, 0.6) is 0 Å². The van der Waals surface area contributed by atoms with E-state index in [4.69, 9.17) is 0 Å². The number of carboxylic acid groups (broad SMARTS) is 4. The molecule has 0 amide bonds. The van der Waals surface area contributed by atoms with Crippen molar-refractivity contribution in [2.75, 3.05) is 0 Å². The molecule has 0 N–H and O–H groups in total. The zero-order valence-corrected chi connectivity index (χ0v) is 21.3. The number of carbonyl (C=O) groups excluding carboxylic acids is 4. The molecule has 0 atom stereocenters. The number of hydrogen-bond acceptors (Lipinski definition) is 8. The second-order valence-corrected chi connectivity index (χ2v) is 6.61. The molecule has 0 unspecified atom stereocenters. The molecule has 202 valence electrons. The smallest absolute Gasteiger partial charge is 0.545 e. The molecule has 2 radical (unpaired) electrons. The van der Waals surface area contributed by atoms with E-state index in [2.05, 4.69) is 0 Å². The van der Waals surface area contributed by atoms with Gasteiger partial charge in [0.15, 0.2) is 0 Å². The monoisotopic (exact) mass is 610 g/mol. The molecule has 0 aromatic heterocycles. The van der Waals surface area contributed by atoms with Gasteiger partial charge in [-0.25, -0.2) is 0 Å². The van der Waals surface area contributed by atoms with Gasteiger partial charge in [0.2, 0.25) is 0 Å². The van der Waals surface area contributed by atoms with E-state index in [1.807, 2.05) is 0 Å². The van der Waals surface area contributed by atoms with Gasteiger partial charge in [-0.15, -0.1) is 0 Å². The van der Waals surface area contributed by atoms with Crippen LogP contribution in [0, 0.1) is 0 Å². The van der Waals surface area contributed by atoms with Crippen LogP contribution >= 0.6 is 0 Å². The molecule has 0 aliphatic heterocycles. The molecular weight excluding hydrogens is 591 g/mol. The number of aromatic carboxylic acids is 4. The van der Waals surface area contributed by atoms with Gasteiger partial charge in [-0.2, -0.15) is 0 Å². The molecule has 4 aromatic rings. The van der Waals surface area contributed by atoms with E-state index in [0.29, 0.717) is 0 Å². The topological polar surface area (TPSA) is 161 Å². The predicted octanol–water partition coefficient (Wildman–Crippen LogP) is 0.195. The molecule has 0 bridgehead atoms. The first-order valence-electron chi connectivity index (χ1n) is 10.3. The molecular formula is C28H20Cu2O8. The van der Waals surface area contributed by atoms with E-state index < -0.39 is 23.9 Å². The summed E-state index contributed by atoms with van der Waals surface area (Å²) >= 11 is 0. The summed E-state index contributed by atoms with van der Waals surface area (Å²) in [7, 11) is 0. The average molecular weight is 612 g/mol. The standard InChI is InChI=1S/4C7H6O2.2Cu/c4*8-7(9)6-4-2-1-3-5-6;;/h4*1-5H,(H,8,9);;/q;;;;2*+2/p-4. The largest absolute Gasteiger partial charge is 2.00 e. The summed E-state index contributed by atoms with van der Waals surface area (Å²) in [6, 6.07) is 32.3. The van der Waals surface area contributed by atoms with Gasteiger partial charge in [0.25, 0.3) is 0 Å². The summed E-state index contributed by atoms with van der Waals surface area (Å²) in [4.78, 5) is 40.4. The molecule has 0 saturated carbocycles. The van der Waals surface area contributed by atoms with E-state index in [0.717, 1.165) is 0 Å². The van der Waals surface area contributed by atoms with Crippen molar-refractivity contribution in [2.45, 2.75) is 0 Å². The van der Waals surface area contributed by atoms with Crippen LogP contribution in [0.4, 0.5) is 0 Å². The normalized spacial score (nSPS) is 8.42. The third kappa shape index (κ3) is 15.7. The van der Waals surface area contributed by atoms with Gasteiger partial charge < -0.3 is 39.6 Å². The summed E-state index contributed by atoms with van der Waals surface area (Å²) in [5.41, 5.74) is 0.880. The van der Waals surface area contributed by atoms with Gasteiger partial charge in [-0.05, 0) is 22.3 Å². The summed E-state index contributed by atoms with van der Waals surface area (Å²) in [5.74, 6) is -4.52. The Morgan fingerprint density at radius 1 is 0.316 bits per heavy atom. The molecule has 0 aliphatic rings. The van der Waals surface area contributed by atoms with Gasteiger partial charge in [-0.3, -0.25) is 0 Å². The molecule has 4 rings (SSSR count). The first-order chi connectivity index (χ1) is 17.2. The van der Waals surface area contributed by atoms with Gasteiger partial charge >= 0.3 is 34.1 Å². The average Bonchev–Trinajstić information content (AvgIpc) is 2.92. The Labute approximate surface area is 240 Å². The van der Waals surface area contributed by atoms with Gasteiger partial charge in [-0.1, -0.05) is 121 Å². The number of carboxylic acids is 4. The second-order valence-electron chi connectivity index (χ2n) is 6.61. The zero-order chi connectivity index (χ0) is 26.8. The van der Waals surface area contributed by atoms with Crippen molar-refractivity contribution in [3.8, 4) is 0 Å². The zero-order valence-electron chi connectivity index (χ0n) is 19.4. The Bertz CT molecular complexity index is 1020. The van der Waals surface area contributed by atoms with E-state index in [1.165, 1.54) is 48.5 Å².